The van der Waals surface area contributed by atoms with Crippen LogP contribution < -0.4 is 5.23 Å². The molecule has 1 aromatic carbocycles. The molecule has 0 atom stereocenters. The second-order valence-electron chi connectivity index (χ2n) is 5.55. The average Bonchev–Trinajstić information content (AvgIpc) is 2.39. The van der Waals surface area contributed by atoms with Gasteiger partial charge in [0.25, 0.3) is 0 Å². The van der Waals surface area contributed by atoms with E-state index in [1.807, 2.05) is 45.9 Å². The Morgan fingerprint density at radius 1 is 1.00 bits per heavy atom. The molecule has 0 bridgehead atoms. The molecule has 1 aliphatic rings. The highest BCUT2D eigenvalue weighted by Gasteiger charge is 2.52. The molecule has 2 rings (SSSR count). The van der Waals surface area contributed by atoms with Crippen molar-refractivity contribution in [1.82, 2.24) is 0 Å². The second kappa shape index (κ2) is 4.04. The maximum absolute atomic E-state index is 5.89. The van der Waals surface area contributed by atoms with Gasteiger partial charge in [-0.05, 0) is 46.2 Å². The minimum atomic E-state index is -0.388. The van der Waals surface area contributed by atoms with Gasteiger partial charge in [-0.3, -0.25) is 0 Å². The first kappa shape index (κ1) is 12.5. The van der Waals surface area contributed by atoms with Gasteiger partial charge in [0.2, 0.25) is 0 Å². The van der Waals surface area contributed by atoms with Gasteiger partial charge in [-0.1, -0.05) is 18.2 Å². The van der Waals surface area contributed by atoms with Crippen molar-refractivity contribution >= 4 is 12.9 Å². The first-order valence-electron chi connectivity index (χ1n) is 6.00. The predicted octanol–water partition coefficient (Wildman–Crippen LogP) is 3.00. The summed E-state index contributed by atoms with van der Waals surface area (Å²) in [6.07, 6.45) is 0. The SMILES string of the molecule is Cc1ccccc1NB1OC(C)(C)C(C)(C)O1. The topological polar surface area (TPSA) is 30.5 Å². The van der Waals surface area contributed by atoms with E-state index in [9.17, 15) is 0 Å². The van der Waals surface area contributed by atoms with Crippen LogP contribution in [0.3, 0.4) is 0 Å². The molecule has 0 saturated carbocycles. The van der Waals surface area contributed by atoms with Gasteiger partial charge in [-0.15, -0.1) is 0 Å². The van der Waals surface area contributed by atoms with Crippen LogP contribution in [0.5, 0.6) is 0 Å². The largest absolute Gasteiger partial charge is 0.591 e. The van der Waals surface area contributed by atoms with Crippen LogP contribution in [0.1, 0.15) is 33.3 Å². The van der Waals surface area contributed by atoms with Gasteiger partial charge in [-0.2, -0.15) is 0 Å². The van der Waals surface area contributed by atoms with Gasteiger partial charge in [0.1, 0.15) is 0 Å². The number of hydrogen-bond donors (Lipinski definition) is 1. The number of hydrogen-bond acceptors (Lipinski definition) is 3. The Morgan fingerprint density at radius 2 is 1.53 bits per heavy atom. The predicted molar refractivity (Wildman–Crippen MR) is 70.9 cm³/mol. The lowest BCUT2D eigenvalue weighted by molar-refractivity contribution is 0.00578. The smallest absolute Gasteiger partial charge is 0.384 e. The molecule has 0 spiro atoms. The van der Waals surface area contributed by atoms with Crippen LogP contribution in [0, 0.1) is 6.92 Å². The summed E-state index contributed by atoms with van der Waals surface area (Å²) in [5, 5.41) is 3.28. The van der Waals surface area contributed by atoms with Crippen molar-refractivity contribution in [3.8, 4) is 0 Å². The van der Waals surface area contributed by atoms with Crippen molar-refractivity contribution in [2.24, 2.45) is 0 Å². The standard InChI is InChI=1S/C13H20BNO2/c1-10-8-6-7-9-11(10)15-14-16-12(2,3)13(4,5)17-14/h6-9,15H,1-5H3. The molecule has 1 aromatic rings. The van der Waals surface area contributed by atoms with E-state index in [2.05, 4.69) is 18.2 Å². The fraction of sp³-hybridized carbons (Fsp3) is 0.538. The average molecular weight is 233 g/mol. The number of benzene rings is 1. The maximum atomic E-state index is 5.89. The van der Waals surface area contributed by atoms with Gasteiger partial charge in [0.05, 0.1) is 11.2 Å². The molecule has 0 radical (unpaired) electrons. The van der Waals surface area contributed by atoms with E-state index in [1.165, 1.54) is 5.56 Å². The molecule has 1 N–H and O–H groups in total. The van der Waals surface area contributed by atoms with Gasteiger partial charge >= 0.3 is 7.25 Å². The minimum absolute atomic E-state index is 0.298. The highest BCUT2D eigenvalue weighted by atomic mass is 16.7. The van der Waals surface area contributed by atoms with Crippen molar-refractivity contribution in [1.29, 1.82) is 0 Å². The number of anilines is 1. The summed E-state index contributed by atoms with van der Waals surface area (Å²) in [5.41, 5.74) is 1.63. The molecule has 1 fully saturated rings. The van der Waals surface area contributed by atoms with E-state index in [-0.39, 0.29) is 18.5 Å². The zero-order chi connectivity index (χ0) is 12.7. The van der Waals surface area contributed by atoms with E-state index in [0.29, 0.717) is 0 Å². The summed E-state index contributed by atoms with van der Waals surface area (Å²) in [5.74, 6) is 0. The molecule has 1 saturated heterocycles. The molecule has 4 heteroatoms. The summed E-state index contributed by atoms with van der Waals surface area (Å²) in [6.45, 7) is 10.3. The lowest BCUT2D eigenvalue weighted by Gasteiger charge is -2.32. The third kappa shape index (κ3) is 2.33. The molecule has 1 heterocycles. The number of rotatable bonds is 2. The molecule has 0 unspecified atom stereocenters. The van der Waals surface area contributed by atoms with Gasteiger partial charge < -0.3 is 14.5 Å². The summed E-state index contributed by atoms with van der Waals surface area (Å²) in [4.78, 5) is 0. The Morgan fingerprint density at radius 3 is 2.06 bits per heavy atom. The first-order valence-corrected chi connectivity index (χ1v) is 6.00. The number of aryl methyl sites for hydroxylation is 1. The van der Waals surface area contributed by atoms with Crippen molar-refractivity contribution in [3.63, 3.8) is 0 Å². The van der Waals surface area contributed by atoms with Crippen LogP contribution in [-0.4, -0.2) is 18.5 Å². The van der Waals surface area contributed by atoms with Crippen LogP contribution in [0.4, 0.5) is 5.69 Å². The lowest BCUT2D eigenvalue weighted by Crippen LogP contribution is -2.41. The highest BCUT2D eigenvalue weighted by Crippen LogP contribution is 2.36. The zero-order valence-corrected chi connectivity index (χ0v) is 11.2. The second-order valence-corrected chi connectivity index (χ2v) is 5.55. The van der Waals surface area contributed by atoms with Crippen molar-refractivity contribution in [3.05, 3.63) is 29.8 Å². The Bertz CT molecular complexity index is 402. The van der Waals surface area contributed by atoms with Crippen LogP contribution in [-0.2, 0) is 9.31 Å². The van der Waals surface area contributed by atoms with Crippen LogP contribution in [0.25, 0.3) is 0 Å². The van der Waals surface area contributed by atoms with Gasteiger partial charge in [-0.25, -0.2) is 0 Å². The van der Waals surface area contributed by atoms with E-state index < -0.39 is 0 Å². The Labute approximate surface area is 104 Å². The van der Waals surface area contributed by atoms with E-state index in [4.69, 9.17) is 9.31 Å². The summed E-state index contributed by atoms with van der Waals surface area (Å²) in [6, 6.07) is 8.11. The van der Waals surface area contributed by atoms with Crippen LogP contribution in [0.15, 0.2) is 24.3 Å². The fourth-order valence-electron chi connectivity index (χ4n) is 1.76. The zero-order valence-electron chi connectivity index (χ0n) is 11.2. The third-order valence-electron chi connectivity index (χ3n) is 3.67. The lowest BCUT2D eigenvalue weighted by atomic mass is 9.90. The monoisotopic (exact) mass is 233 g/mol. The number of para-hydroxylation sites is 1. The van der Waals surface area contributed by atoms with E-state index in [1.54, 1.807) is 0 Å². The maximum Gasteiger partial charge on any atom is 0.591 e. The Hall–Kier alpha value is -0.995. The molecular formula is C13H20BNO2. The van der Waals surface area contributed by atoms with Gasteiger partial charge in [0, 0.05) is 5.69 Å². The third-order valence-corrected chi connectivity index (χ3v) is 3.67. The minimum Gasteiger partial charge on any atom is -0.384 e. The summed E-state index contributed by atoms with van der Waals surface area (Å²) < 4.78 is 11.8. The molecule has 0 aliphatic carbocycles. The molecular weight excluding hydrogens is 213 g/mol. The van der Waals surface area contributed by atoms with Crippen LogP contribution >= 0.6 is 0 Å². The number of nitrogens with one attached hydrogen (secondary N) is 1. The Balaban J connectivity index is 2.11. The van der Waals surface area contributed by atoms with Gasteiger partial charge in [0.15, 0.2) is 0 Å². The molecule has 0 amide bonds. The molecule has 92 valence electrons. The quantitative estimate of drug-likeness (QED) is 0.796. The molecule has 1 aliphatic heterocycles. The van der Waals surface area contributed by atoms with E-state index >= 15 is 0 Å². The summed E-state index contributed by atoms with van der Waals surface area (Å²) >= 11 is 0. The van der Waals surface area contributed by atoms with Crippen molar-refractivity contribution in [2.75, 3.05) is 5.23 Å². The normalized spacial score (nSPS) is 21.6. The first-order chi connectivity index (χ1) is 7.82. The molecule has 17 heavy (non-hydrogen) atoms. The van der Waals surface area contributed by atoms with Crippen molar-refractivity contribution in [2.45, 2.75) is 45.8 Å². The van der Waals surface area contributed by atoms with E-state index in [0.717, 1.165) is 5.69 Å². The highest BCUT2D eigenvalue weighted by molar-refractivity contribution is 6.49. The van der Waals surface area contributed by atoms with Crippen molar-refractivity contribution < 1.29 is 9.31 Å². The van der Waals surface area contributed by atoms with Crippen LogP contribution in [0.2, 0.25) is 0 Å². The molecule has 3 nitrogen and oxygen atoms in total. The fourth-order valence-corrected chi connectivity index (χ4v) is 1.76. The Kier molecular flexibility index (Phi) is 2.96. The summed E-state index contributed by atoms with van der Waals surface area (Å²) in [7, 11) is -0.388. The molecule has 0 aromatic heterocycles.